The van der Waals surface area contributed by atoms with Crippen LogP contribution in [0.4, 0.5) is 4.79 Å². The molecule has 6 N–H and O–H groups in total. The predicted molar refractivity (Wildman–Crippen MR) is 192 cm³/mol. The van der Waals surface area contributed by atoms with Crippen LogP contribution in [0.2, 0.25) is 0 Å². The lowest BCUT2D eigenvalue weighted by molar-refractivity contribution is -0.369. The third-order valence-corrected chi connectivity index (χ3v) is 12.7. The van der Waals surface area contributed by atoms with Crippen LogP contribution in [0, 0.1) is 28.1 Å². The molecule has 0 spiro atoms. The monoisotopic (exact) mass is 769 g/mol. The molecule has 1 amide bonds. The summed E-state index contributed by atoms with van der Waals surface area (Å²) in [5.74, 6) is -4.01. The summed E-state index contributed by atoms with van der Waals surface area (Å²) >= 11 is 0. The normalized spacial score (nSPS) is 37.3. The molecule has 15 nitrogen and oxygen atoms in total. The average Bonchev–Trinajstić information content (AvgIpc) is 2.98. The second-order valence-corrected chi connectivity index (χ2v) is 18.6. The molecule has 0 aromatic heterocycles. The molecule has 2 saturated carbocycles. The molecule has 0 aromatic carbocycles. The number of hydrogen-bond acceptors (Lipinski definition) is 14. The van der Waals surface area contributed by atoms with Gasteiger partial charge in [-0.2, -0.15) is 0 Å². The zero-order valence-corrected chi connectivity index (χ0v) is 34.0. The number of fused-ring (bicyclic) bond motifs is 5. The number of aliphatic hydroxyl groups is 5. The Morgan fingerprint density at radius 2 is 1.56 bits per heavy atom. The SMILES string of the molecule is CC(=O)O[C@H]1C2=C(C)[C@@H](OC(=O)[C@H](O)[C@H](CC(C)C)NC(=O)OC(C)(C)C)C[C@@](C(C)(C)O)([C@@H](O)[C@@H]3[C@]4(OC(C)=O)CO[C@@H]4C[C@H](O)[C@@]3(C)[C@H]1O)C2(C)C. The van der Waals surface area contributed by atoms with E-state index in [9.17, 15) is 44.7 Å². The molecule has 0 radical (unpaired) electrons. The number of hydrogen-bond donors (Lipinski definition) is 6. The van der Waals surface area contributed by atoms with Crippen molar-refractivity contribution in [1.29, 1.82) is 0 Å². The molecule has 4 rings (SSSR count). The summed E-state index contributed by atoms with van der Waals surface area (Å²) in [4.78, 5) is 52.4. The zero-order chi connectivity index (χ0) is 41.3. The summed E-state index contributed by atoms with van der Waals surface area (Å²) in [6.07, 6.45) is -11.4. The number of carbonyl (C=O) groups excluding carboxylic acids is 4. The molecule has 1 heterocycles. The Hall–Kier alpha value is -2.82. The number of alkyl carbamates (subject to hydrolysis) is 1. The Morgan fingerprint density at radius 3 is 2.02 bits per heavy atom. The summed E-state index contributed by atoms with van der Waals surface area (Å²) in [6, 6.07) is -1.13. The van der Waals surface area contributed by atoms with Crippen LogP contribution >= 0.6 is 0 Å². The first-order chi connectivity index (χ1) is 24.5. The van der Waals surface area contributed by atoms with Gasteiger partial charge in [0.25, 0.3) is 0 Å². The minimum Gasteiger partial charge on any atom is -0.456 e. The number of ether oxygens (including phenoxy) is 5. The van der Waals surface area contributed by atoms with Crippen molar-refractivity contribution in [3.8, 4) is 0 Å². The molecular formula is C39H63NO14. The summed E-state index contributed by atoms with van der Waals surface area (Å²) in [7, 11) is 0. The molecule has 308 valence electrons. The van der Waals surface area contributed by atoms with E-state index in [0.29, 0.717) is 5.57 Å². The van der Waals surface area contributed by atoms with E-state index in [1.165, 1.54) is 27.7 Å². The van der Waals surface area contributed by atoms with E-state index in [0.717, 1.165) is 6.92 Å². The van der Waals surface area contributed by atoms with E-state index < -0.39 is 112 Å². The van der Waals surface area contributed by atoms with Gasteiger partial charge in [0.2, 0.25) is 0 Å². The number of nitrogens with one attached hydrogen (secondary N) is 1. The van der Waals surface area contributed by atoms with Crippen LogP contribution in [0.3, 0.4) is 0 Å². The van der Waals surface area contributed by atoms with Crippen molar-refractivity contribution in [2.75, 3.05) is 6.61 Å². The second-order valence-electron chi connectivity index (χ2n) is 18.6. The van der Waals surface area contributed by atoms with Crippen molar-refractivity contribution >= 4 is 24.0 Å². The minimum atomic E-state index is -1.88. The Balaban J connectivity index is 1.95. The molecule has 2 bridgehead atoms. The van der Waals surface area contributed by atoms with E-state index in [2.05, 4.69) is 5.32 Å². The van der Waals surface area contributed by atoms with Gasteiger partial charge in [-0.25, -0.2) is 9.59 Å². The lowest BCUT2D eigenvalue weighted by atomic mass is 9.38. The molecule has 1 aliphatic heterocycles. The van der Waals surface area contributed by atoms with Crippen molar-refractivity contribution in [2.24, 2.45) is 28.1 Å². The quantitative estimate of drug-likeness (QED) is 0.113. The van der Waals surface area contributed by atoms with Crippen LogP contribution in [0.25, 0.3) is 0 Å². The molecule has 1 saturated heterocycles. The van der Waals surface area contributed by atoms with E-state index in [-0.39, 0.29) is 37.4 Å². The molecule has 12 atom stereocenters. The van der Waals surface area contributed by atoms with Gasteiger partial charge in [0.05, 0.1) is 30.5 Å². The van der Waals surface area contributed by atoms with Crippen molar-refractivity contribution in [3.05, 3.63) is 11.1 Å². The van der Waals surface area contributed by atoms with Gasteiger partial charge in [-0.1, -0.05) is 34.6 Å². The number of aliphatic hydroxyl groups excluding tert-OH is 4. The van der Waals surface area contributed by atoms with Crippen molar-refractivity contribution in [2.45, 2.75) is 175 Å². The van der Waals surface area contributed by atoms with Crippen LogP contribution in [0.5, 0.6) is 0 Å². The second kappa shape index (κ2) is 14.6. The van der Waals surface area contributed by atoms with Gasteiger partial charge in [-0.05, 0) is 71.4 Å². The van der Waals surface area contributed by atoms with E-state index in [1.807, 2.05) is 13.8 Å². The van der Waals surface area contributed by atoms with Crippen LogP contribution in [-0.4, -0.2) is 122 Å². The van der Waals surface area contributed by atoms with Gasteiger partial charge in [0.15, 0.2) is 17.8 Å². The van der Waals surface area contributed by atoms with E-state index in [4.69, 9.17) is 23.7 Å². The topological polar surface area (TPSA) is 228 Å². The van der Waals surface area contributed by atoms with Crippen molar-refractivity contribution in [3.63, 3.8) is 0 Å². The van der Waals surface area contributed by atoms with Gasteiger partial charge < -0.3 is 54.5 Å². The summed E-state index contributed by atoms with van der Waals surface area (Å²) in [5.41, 5.74) is -8.59. The molecule has 0 aromatic rings. The van der Waals surface area contributed by atoms with E-state index >= 15 is 0 Å². The molecule has 0 unspecified atom stereocenters. The first-order valence-electron chi connectivity index (χ1n) is 18.8. The fourth-order valence-electron chi connectivity index (χ4n) is 10.4. The Bertz CT molecular complexity index is 1510. The minimum absolute atomic E-state index is 0.0815. The molecular weight excluding hydrogens is 706 g/mol. The molecule has 54 heavy (non-hydrogen) atoms. The highest BCUT2D eigenvalue weighted by molar-refractivity contribution is 5.77. The maximum absolute atomic E-state index is 14.0. The number of rotatable bonds is 9. The lowest BCUT2D eigenvalue weighted by Gasteiger charge is -2.71. The maximum atomic E-state index is 14.0. The van der Waals surface area contributed by atoms with Gasteiger partial charge in [-0.3, -0.25) is 9.59 Å². The Labute approximate surface area is 318 Å². The Morgan fingerprint density at radius 1 is 0.963 bits per heavy atom. The van der Waals surface area contributed by atoms with Crippen LogP contribution in [0.15, 0.2) is 11.1 Å². The fourth-order valence-corrected chi connectivity index (χ4v) is 10.4. The third-order valence-electron chi connectivity index (χ3n) is 12.7. The van der Waals surface area contributed by atoms with Crippen LogP contribution < -0.4 is 5.32 Å². The van der Waals surface area contributed by atoms with Gasteiger partial charge in [0.1, 0.15) is 23.9 Å². The summed E-state index contributed by atoms with van der Waals surface area (Å²) in [6.45, 7) is 20.4. The molecule has 3 aliphatic carbocycles. The predicted octanol–water partition coefficient (Wildman–Crippen LogP) is 2.46. The molecule has 15 heteroatoms. The zero-order valence-electron chi connectivity index (χ0n) is 34.0. The number of carbonyl (C=O) groups is 4. The number of esters is 3. The summed E-state index contributed by atoms with van der Waals surface area (Å²) in [5, 5.41) is 63.9. The Kier molecular flexibility index (Phi) is 11.9. The van der Waals surface area contributed by atoms with Gasteiger partial charge in [-0.15, -0.1) is 0 Å². The van der Waals surface area contributed by atoms with E-state index in [1.54, 1.807) is 41.5 Å². The molecule has 4 aliphatic rings. The fraction of sp³-hybridized carbons (Fsp3) is 0.846. The highest BCUT2D eigenvalue weighted by Gasteiger charge is 2.78. The standard InChI is InChI=1S/C39H63NO14/c1-18(2)14-22(40-33(48)54-34(6,7)8)27(44)32(47)52-23-16-39(36(11,12)49)31(46)29-37(13,24(43)15-25-38(29,17-50-25)53-21(5)42)30(45)28(51-20(4)41)26(19(23)3)35(39,9)10/h18,22-25,27-31,43-46,49H,14-17H2,1-13H3,(H,40,48)/t22-,23-,24-,25+,27+,28-,29-,30-,31-,37+,38-,39+/m0/s1. The highest BCUT2D eigenvalue weighted by atomic mass is 16.6. The van der Waals surface area contributed by atoms with Crippen LogP contribution in [-0.2, 0) is 38.1 Å². The average molecular weight is 770 g/mol. The first-order valence-corrected chi connectivity index (χ1v) is 18.8. The van der Waals surface area contributed by atoms with Crippen molar-refractivity contribution in [1.82, 2.24) is 5.32 Å². The van der Waals surface area contributed by atoms with Gasteiger partial charge in [0, 0.05) is 42.4 Å². The number of amides is 1. The highest BCUT2D eigenvalue weighted by Crippen LogP contribution is 2.69. The van der Waals surface area contributed by atoms with Crippen molar-refractivity contribution < 1.29 is 68.4 Å². The smallest absolute Gasteiger partial charge is 0.407 e. The molecule has 3 fully saturated rings. The first kappa shape index (κ1) is 43.9. The summed E-state index contributed by atoms with van der Waals surface area (Å²) < 4.78 is 29.2. The largest absolute Gasteiger partial charge is 0.456 e. The maximum Gasteiger partial charge on any atom is 0.407 e. The lowest BCUT2D eigenvalue weighted by Crippen LogP contribution is -2.82. The van der Waals surface area contributed by atoms with Gasteiger partial charge >= 0.3 is 24.0 Å². The third kappa shape index (κ3) is 7.17. The van der Waals surface area contributed by atoms with Crippen LogP contribution in [0.1, 0.15) is 109 Å².